The van der Waals surface area contributed by atoms with Crippen molar-refractivity contribution in [3.05, 3.63) is 24.4 Å². The van der Waals surface area contributed by atoms with E-state index < -0.39 is 8.80 Å². The molecule has 9 heteroatoms. The molecule has 0 aromatic heterocycles. The molecule has 0 aliphatic carbocycles. The predicted octanol–water partition coefficient (Wildman–Crippen LogP) is -0.603. The Morgan fingerprint density at radius 2 is 1.86 bits per heavy atom. The highest BCUT2D eigenvalue weighted by molar-refractivity contribution is 6.66. The van der Waals surface area contributed by atoms with Crippen molar-refractivity contribution in [1.82, 2.24) is 10.2 Å². The van der Waals surface area contributed by atoms with E-state index in [2.05, 4.69) is 11.9 Å². The van der Waals surface area contributed by atoms with Crippen LogP contribution < -0.4 is 11.1 Å². The van der Waals surface area contributed by atoms with Gasteiger partial charge in [-0.2, -0.15) is 0 Å². The van der Waals surface area contributed by atoms with Crippen molar-refractivity contribution in [2.24, 2.45) is 5.73 Å². The molecule has 3 N–H and O–H groups in total. The zero-order chi connectivity index (χ0) is 17.0. The zero-order valence-corrected chi connectivity index (χ0v) is 14.3. The molecule has 2 amide bonds. The van der Waals surface area contributed by atoms with E-state index in [0.717, 1.165) is 6.08 Å². The standard InChI is InChI=1S/C13H25N3O5Si/c1-5-12(17)15-11-16(9-6-8-14)13(18)7-10-22(19-2,20-3)21-4/h5,7,10H,1,6,8-9,11,14H2,2-4H3,(H,15,17). The largest absolute Gasteiger partial charge is 0.529 e. The Hall–Kier alpha value is -1.52. The van der Waals surface area contributed by atoms with Crippen LogP contribution in [0.5, 0.6) is 0 Å². The van der Waals surface area contributed by atoms with Crippen LogP contribution in [0.4, 0.5) is 0 Å². The molecule has 0 atom stereocenters. The lowest BCUT2D eigenvalue weighted by molar-refractivity contribution is -0.127. The van der Waals surface area contributed by atoms with E-state index in [1.54, 1.807) is 0 Å². The summed E-state index contributed by atoms with van der Waals surface area (Å²) in [5.41, 5.74) is 6.94. The maximum atomic E-state index is 12.2. The Kier molecular flexibility index (Phi) is 10.3. The van der Waals surface area contributed by atoms with Crippen LogP contribution in [0.25, 0.3) is 0 Å². The summed E-state index contributed by atoms with van der Waals surface area (Å²) < 4.78 is 15.6. The molecule has 0 saturated heterocycles. The molecule has 0 saturated carbocycles. The van der Waals surface area contributed by atoms with Gasteiger partial charge in [0, 0.05) is 34.0 Å². The van der Waals surface area contributed by atoms with Crippen molar-refractivity contribution in [2.45, 2.75) is 6.42 Å². The van der Waals surface area contributed by atoms with Crippen LogP contribution in [0, 0.1) is 0 Å². The van der Waals surface area contributed by atoms with Crippen LogP contribution in [0.1, 0.15) is 6.42 Å². The first kappa shape index (κ1) is 20.5. The lowest BCUT2D eigenvalue weighted by atomic mass is 10.3. The Balaban J connectivity index is 4.86. The van der Waals surface area contributed by atoms with Gasteiger partial charge in [-0.05, 0) is 24.7 Å². The first-order valence-corrected chi connectivity index (χ1v) is 8.52. The van der Waals surface area contributed by atoms with Crippen LogP contribution in [0.3, 0.4) is 0 Å². The summed E-state index contributed by atoms with van der Waals surface area (Å²) in [5.74, 6) is -0.662. The Bertz CT molecular complexity index is 391. The molecular weight excluding hydrogens is 306 g/mol. The molecule has 0 radical (unpaired) electrons. The molecule has 126 valence electrons. The van der Waals surface area contributed by atoms with E-state index in [4.69, 9.17) is 19.0 Å². The molecule has 0 aliphatic heterocycles. The Labute approximate surface area is 132 Å². The number of nitrogens with zero attached hydrogens (tertiary/aromatic N) is 1. The second kappa shape index (κ2) is 11.1. The molecule has 0 aromatic rings. The molecule has 8 nitrogen and oxygen atoms in total. The smallest absolute Gasteiger partial charge is 0.374 e. The minimum absolute atomic E-state index is 0.0650. The van der Waals surface area contributed by atoms with Crippen molar-refractivity contribution in [3.63, 3.8) is 0 Å². The van der Waals surface area contributed by atoms with E-state index in [0.29, 0.717) is 19.5 Å². The fraction of sp³-hybridized carbons (Fsp3) is 0.538. The molecule has 0 aliphatic rings. The Morgan fingerprint density at radius 3 is 2.32 bits per heavy atom. The van der Waals surface area contributed by atoms with Crippen molar-refractivity contribution >= 4 is 20.6 Å². The van der Waals surface area contributed by atoms with Gasteiger partial charge in [0.2, 0.25) is 11.8 Å². The third kappa shape index (κ3) is 6.96. The fourth-order valence-corrected chi connectivity index (χ4v) is 2.78. The van der Waals surface area contributed by atoms with E-state index >= 15 is 0 Å². The van der Waals surface area contributed by atoms with Crippen molar-refractivity contribution < 1.29 is 22.9 Å². The maximum Gasteiger partial charge on any atom is 0.529 e. The SMILES string of the molecule is C=CC(=O)NCN(CCCN)C(=O)C=C[Si](OC)(OC)OC. The summed E-state index contributed by atoms with van der Waals surface area (Å²) in [6.07, 6.45) is 3.07. The van der Waals surface area contributed by atoms with E-state index in [1.807, 2.05) is 0 Å². The molecule has 0 rings (SSSR count). The number of nitrogens with one attached hydrogen (secondary N) is 1. The highest BCUT2D eigenvalue weighted by Crippen LogP contribution is 2.08. The van der Waals surface area contributed by atoms with Gasteiger partial charge in [-0.25, -0.2) is 0 Å². The summed E-state index contributed by atoms with van der Waals surface area (Å²) in [7, 11) is 1.38. The van der Waals surface area contributed by atoms with Crippen LogP contribution in [-0.4, -0.2) is 66.6 Å². The predicted molar refractivity (Wildman–Crippen MR) is 84.5 cm³/mol. The summed E-state index contributed by atoms with van der Waals surface area (Å²) >= 11 is 0. The van der Waals surface area contributed by atoms with E-state index in [-0.39, 0.29) is 18.5 Å². The van der Waals surface area contributed by atoms with Gasteiger partial charge in [0.1, 0.15) is 0 Å². The van der Waals surface area contributed by atoms with Gasteiger partial charge >= 0.3 is 8.80 Å². The van der Waals surface area contributed by atoms with Gasteiger partial charge in [0.25, 0.3) is 0 Å². The monoisotopic (exact) mass is 331 g/mol. The topological polar surface area (TPSA) is 103 Å². The minimum atomic E-state index is -2.97. The zero-order valence-electron chi connectivity index (χ0n) is 13.3. The number of hydrogen-bond donors (Lipinski definition) is 2. The highest BCUT2D eigenvalue weighted by atomic mass is 28.4. The number of nitrogens with two attached hydrogens (primary N) is 1. The van der Waals surface area contributed by atoms with Gasteiger partial charge in [0.15, 0.2) is 0 Å². The first-order valence-electron chi connectivity index (χ1n) is 6.72. The molecule has 0 bridgehead atoms. The quantitative estimate of drug-likeness (QED) is 0.298. The van der Waals surface area contributed by atoms with Gasteiger partial charge in [-0.1, -0.05) is 6.58 Å². The molecule has 0 unspecified atom stereocenters. The first-order chi connectivity index (χ1) is 10.5. The van der Waals surface area contributed by atoms with Crippen molar-refractivity contribution in [1.29, 1.82) is 0 Å². The molecule has 0 heterocycles. The highest BCUT2D eigenvalue weighted by Gasteiger charge is 2.34. The van der Waals surface area contributed by atoms with E-state index in [1.165, 1.54) is 38.0 Å². The van der Waals surface area contributed by atoms with Crippen LogP contribution >= 0.6 is 0 Å². The number of amides is 2. The van der Waals surface area contributed by atoms with Gasteiger partial charge in [-0.15, -0.1) is 0 Å². The molecule has 0 fully saturated rings. The molecule has 22 heavy (non-hydrogen) atoms. The normalized spacial score (nSPS) is 11.5. The summed E-state index contributed by atoms with van der Waals surface area (Å²) in [6.45, 7) is 4.27. The minimum Gasteiger partial charge on any atom is -0.374 e. The average molecular weight is 331 g/mol. The number of rotatable bonds is 11. The molecule has 0 spiro atoms. The lowest BCUT2D eigenvalue weighted by Crippen LogP contribution is -2.43. The fourth-order valence-electron chi connectivity index (χ4n) is 1.53. The van der Waals surface area contributed by atoms with E-state index in [9.17, 15) is 9.59 Å². The summed E-state index contributed by atoms with van der Waals surface area (Å²) in [6, 6.07) is 0. The van der Waals surface area contributed by atoms with Crippen molar-refractivity contribution in [2.75, 3.05) is 41.1 Å². The van der Waals surface area contributed by atoms with Crippen LogP contribution in [0.2, 0.25) is 0 Å². The van der Waals surface area contributed by atoms with Gasteiger partial charge in [0.05, 0.1) is 6.67 Å². The number of carbonyl (C=O) groups excluding carboxylic acids is 2. The summed E-state index contributed by atoms with van der Waals surface area (Å²) in [4.78, 5) is 24.9. The van der Waals surface area contributed by atoms with Gasteiger partial charge in [-0.3, -0.25) is 9.59 Å². The van der Waals surface area contributed by atoms with Gasteiger partial charge < -0.3 is 29.2 Å². The third-order valence-electron chi connectivity index (χ3n) is 2.86. The maximum absolute atomic E-state index is 12.2. The Morgan fingerprint density at radius 1 is 1.27 bits per heavy atom. The van der Waals surface area contributed by atoms with Crippen molar-refractivity contribution in [3.8, 4) is 0 Å². The number of hydrogen-bond acceptors (Lipinski definition) is 6. The second-order valence-corrected chi connectivity index (χ2v) is 6.96. The van der Waals surface area contributed by atoms with Crippen LogP contribution in [0.15, 0.2) is 24.4 Å². The number of carbonyl (C=O) groups is 2. The average Bonchev–Trinajstić information content (AvgIpc) is 2.56. The van der Waals surface area contributed by atoms with Crippen LogP contribution in [-0.2, 0) is 22.9 Å². The third-order valence-corrected chi connectivity index (χ3v) is 5.14. The molecule has 0 aromatic carbocycles. The lowest BCUT2D eigenvalue weighted by Gasteiger charge is -2.23. The summed E-state index contributed by atoms with van der Waals surface area (Å²) in [5, 5.41) is 2.55. The second-order valence-electron chi connectivity index (χ2n) is 4.20. The molecular formula is C13H25N3O5Si.